The summed E-state index contributed by atoms with van der Waals surface area (Å²) in [6, 6.07) is 24.5. The van der Waals surface area contributed by atoms with Crippen molar-refractivity contribution < 1.29 is 14.0 Å². The van der Waals surface area contributed by atoms with Crippen molar-refractivity contribution in [2.45, 2.75) is 76.3 Å². The quantitative estimate of drug-likeness (QED) is 0.213. The zero-order valence-electron chi connectivity index (χ0n) is 32.3. The molecule has 2 atom stereocenters. The Hall–Kier alpha value is -5.24. The highest BCUT2D eigenvalue weighted by molar-refractivity contribution is 6.00. The van der Waals surface area contributed by atoms with E-state index >= 15 is 0 Å². The van der Waals surface area contributed by atoms with Gasteiger partial charge in [0.15, 0.2) is 5.65 Å². The molecule has 2 amide bonds. The van der Waals surface area contributed by atoms with Gasteiger partial charge in [0.2, 0.25) is 11.8 Å². The fraction of sp³-hybridized carbons (Fsp3) is 0.432. The van der Waals surface area contributed by atoms with E-state index in [1.807, 2.05) is 35.0 Å². The smallest absolute Gasteiger partial charge is 0.243 e. The number of likely N-dealkylation sites (tertiary alicyclic amines) is 1. The zero-order chi connectivity index (χ0) is 38.5. The van der Waals surface area contributed by atoms with E-state index in [-0.39, 0.29) is 29.7 Å². The number of hydrogen-bond donors (Lipinski definition) is 1. The number of piperazine rings is 1. The predicted octanol–water partition coefficient (Wildman–Crippen LogP) is 5.18. The first kappa shape index (κ1) is 36.1. The molecule has 8 heterocycles. The second-order valence-corrected chi connectivity index (χ2v) is 16.4. The van der Waals surface area contributed by atoms with Crippen LogP contribution in [-0.4, -0.2) is 104 Å². The van der Waals surface area contributed by atoms with Crippen LogP contribution in [0.1, 0.15) is 66.8 Å². The molecule has 1 unspecified atom stereocenters. The topological polar surface area (TPSA) is 105 Å². The summed E-state index contributed by atoms with van der Waals surface area (Å²) in [5, 5.41) is 7.57. The molecule has 0 spiro atoms. The number of rotatable bonds is 8. The summed E-state index contributed by atoms with van der Waals surface area (Å²) in [7, 11) is 0. The number of imidazole rings is 1. The minimum absolute atomic E-state index is 0.0868. The minimum Gasteiger partial charge on any atom is -0.354 e. The maximum atomic E-state index is 14.1. The lowest BCUT2D eigenvalue weighted by Crippen LogP contribution is -2.53. The molecule has 5 aromatic rings. The van der Waals surface area contributed by atoms with Gasteiger partial charge in [-0.1, -0.05) is 36.4 Å². The van der Waals surface area contributed by atoms with E-state index in [1.165, 1.54) is 35.6 Å². The Kier molecular flexibility index (Phi) is 9.67. The third kappa shape index (κ3) is 7.28. The summed E-state index contributed by atoms with van der Waals surface area (Å²) in [4.78, 5) is 46.1. The van der Waals surface area contributed by atoms with Crippen LogP contribution in [0, 0.1) is 5.82 Å². The molecule has 13 heteroatoms. The Labute approximate surface area is 332 Å². The van der Waals surface area contributed by atoms with Crippen LogP contribution in [0.3, 0.4) is 0 Å². The fourth-order valence-corrected chi connectivity index (χ4v) is 9.88. The van der Waals surface area contributed by atoms with Crippen LogP contribution in [-0.2, 0) is 29.2 Å². The van der Waals surface area contributed by atoms with Gasteiger partial charge in [0.1, 0.15) is 23.1 Å². The molecule has 4 fully saturated rings. The van der Waals surface area contributed by atoms with Crippen LogP contribution in [0.5, 0.6) is 0 Å². The zero-order valence-corrected chi connectivity index (χ0v) is 32.3. The average Bonchev–Trinajstić information content (AvgIpc) is 4.00. The summed E-state index contributed by atoms with van der Waals surface area (Å²) in [6.07, 6.45) is 7.21. The first-order chi connectivity index (χ1) is 27.9. The third-order valence-electron chi connectivity index (χ3n) is 12.9. The van der Waals surface area contributed by atoms with E-state index in [2.05, 4.69) is 65.1 Å². The van der Waals surface area contributed by atoms with Crippen molar-refractivity contribution in [1.29, 1.82) is 0 Å². The SMILES string of the molecule is O=C1CCC(N2Cc3ccc(CN4CCC(N5CCN(c6cccc(-c7cnc8ccc(N9CCC[C@@H]9c9cccc(F)c9)nn78)n6)CC5)CC4)cc3C2)C(=O)N1. The van der Waals surface area contributed by atoms with E-state index in [9.17, 15) is 14.0 Å². The van der Waals surface area contributed by atoms with E-state index in [1.54, 1.807) is 12.1 Å². The van der Waals surface area contributed by atoms with Crippen LogP contribution in [0.4, 0.5) is 16.0 Å². The average molecular weight is 769 g/mol. The molecule has 4 saturated heterocycles. The summed E-state index contributed by atoms with van der Waals surface area (Å²) < 4.78 is 16.0. The van der Waals surface area contributed by atoms with Gasteiger partial charge in [0, 0.05) is 64.8 Å². The van der Waals surface area contributed by atoms with Gasteiger partial charge in [-0.3, -0.25) is 29.6 Å². The van der Waals surface area contributed by atoms with Gasteiger partial charge in [0.05, 0.1) is 24.0 Å². The number of carbonyl (C=O) groups is 2. The van der Waals surface area contributed by atoms with Gasteiger partial charge in [-0.2, -0.15) is 0 Å². The number of carbonyl (C=O) groups excluding carboxylic acids is 2. The number of pyridine rings is 1. The maximum absolute atomic E-state index is 14.1. The van der Waals surface area contributed by atoms with E-state index in [0.29, 0.717) is 18.9 Å². The Morgan fingerprint density at radius 1 is 0.754 bits per heavy atom. The molecule has 10 rings (SSSR count). The molecule has 2 aromatic carbocycles. The highest BCUT2D eigenvalue weighted by Gasteiger charge is 2.35. The highest BCUT2D eigenvalue weighted by atomic mass is 19.1. The van der Waals surface area contributed by atoms with E-state index < -0.39 is 0 Å². The molecule has 5 aliphatic rings. The van der Waals surface area contributed by atoms with Gasteiger partial charge < -0.3 is 9.80 Å². The molecule has 1 N–H and O–H groups in total. The molecular formula is C44H49FN10O2. The molecule has 0 bridgehead atoms. The van der Waals surface area contributed by atoms with Crippen molar-refractivity contribution in [2.75, 3.05) is 55.6 Å². The number of hydrogen-bond acceptors (Lipinski definition) is 10. The Bertz CT molecular complexity index is 2300. The number of halogens is 1. The fourth-order valence-electron chi connectivity index (χ4n) is 9.88. The normalized spacial score (nSPS) is 22.8. The summed E-state index contributed by atoms with van der Waals surface area (Å²) in [6.45, 7) is 9.45. The predicted molar refractivity (Wildman–Crippen MR) is 216 cm³/mol. The van der Waals surface area contributed by atoms with E-state index in [4.69, 9.17) is 10.1 Å². The number of piperidine rings is 2. The monoisotopic (exact) mass is 768 g/mol. The second kappa shape index (κ2) is 15.3. The van der Waals surface area contributed by atoms with Crippen LogP contribution in [0.15, 0.2) is 79.0 Å². The Morgan fingerprint density at radius 3 is 2.44 bits per heavy atom. The Morgan fingerprint density at radius 2 is 1.60 bits per heavy atom. The lowest BCUT2D eigenvalue weighted by Gasteiger charge is -2.43. The second-order valence-electron chi connectivity index (χ2n) is 16.4. The first-order valence-electron chi connectivity index (χ1n) is 20.7. The maximum Gasteiger partial charge on any atom is 0.243 e. The number of nitrogens with zero attached hydrogens (tertiary/aromatic N) is 9. The molecule has 294 valence electrons. The van der Waals surface area contributed by atoms with Gasteiger partial charge in [-0.05, 0) is 104 Å². The molecule has 0 aliphatic carbocycles. The lowest BCUT2D eigenvalue weighted by molar-refractivity contribution is -0.137. The standard InChI is InChI=1S/C44H49FN10O2/c45-34-5-1-4-31(25-34)37-7-3-17-54(37)42-13-12-40-46-26-39(55(40)49-42)36-6-2-8-41(47-36)52-22-20-51(21-23-52)35-15-18-50(19-16-35)27-30-9-10-32-28-53(29-33(32)24-30)38-11-14-43(56)48-44(38)57/h1-2,4-6,8-10,12-13,24-26,35,37-38H,3,7,11,14-23,27-29H2,(H,48,56,57)/t37-,38?/m1/s1. The number of amides is 2. The molecular weight excluding hydrogens is 720 g/mol. The van der Waals surface area contributed by atoms with Crippen molar-refractivity contribution in [3.05, 3.63) is 107 Å². The number of benzene rings is 2. The van der Waals surface area contributed by atoms with Crippen molar-refractivity contribution in [1.82, 2.24) is 39.6 Å². The van der Waals surface area contributed by atoms with Crippen LogP contribution in [0.25, 0.3) is 17.0 Å². The van der Waals surface area contributed by atoms with Gasteiger partial charge >= 0.3 is 0 Å². The van der Waals surface area contributed by atoms with Crippen LogP contribution < -0.4 is 15.1 Å². The van der Waals surface area contributed by atoms with E-state index in [0.717, 1.165) is 113 Å². The van der Waals surface area contributed by atoms with Gasteiger partial charge in [0.25, 0.3) is 0 Å². The van der Waals surface area contributed by atoms with Crippen LogP contribution in [0.2, 0.25) is 0 Å². The molecule has 0 saturated carbocycles. The number of fused-ring (bicyclic) bond motifs is 2. The van der Waals surface area contributed by atoms with Crippen LogP contribution >= 0.6 is 0 Å². The summed E-state index contributed by atoms with van der Waals surface area (Å²) >= 11 is 0. The third-order valence-corrected chi connectivity index (χ3v) is 12.9. The largest absolute Gasteiger partial charge is 0.354 e. The van der Waals surface area contributed by atoms with Crippen molar-refractivity contribution >= 4 is 29.1 Å². The summed E-state index contributed by atoms with van der Waals surface area (Å²) in [5.74, 6) is 1.31. The van der Waals surface area contributed by atoms with Crippen molar-refractivity contribution in [3.8, 4) is 11.4 Å². The number of anilines is 2. The van der Waals surface area contributed by atoms with Crippen molar-refractivity contribution in [3.63, 3.8) is 0 Å². The lowest BCUT2D eigenvalue weighted by atomic mass is 10.0. The van der Waals surface area contributed by atoms with Crippen molar-refractivity contribution in [2.24, 2.45) is 0 Å². The number of imide groups is 1. The molecule has 57 heavy (non-hydrogen) atoms. The number of aromatic nitrogens is 4. The van der Waals surface area contributed by atoms with Gasteiger partial charge in [-0.25, -0.2) is 18.9 Å². The highest BCUT2D eigenvalue weighted by Crippen LogP contribution is 2.36. The molecule has 5 aliphatic heterocycles. The summed E-state index contributed by atoms with van der Waals surface area (Å²) in [5.41, 5.74) is 7.39. The van der Waals surface area contributed by atoms with Gasteiger partial charge in [-0.15, -0.1) is 5.10 Å². The minimum atomic E-state index is -0.221. The molecule has 0 radical (unpaired) electrons. The number of nitrogens with one attached hydrogen (secondary N) is 1. The first-order valence-corrected chi connectivity index (χ1v) is 20.7. The molecule has 12 nitrogen and oxygen atoms in total. The molecule has 3 aromatic heterocycles. The Balaban J connectivity index is 0.737.